The van der Waals surface area contributed by atoms with Crippen LogP contribution < -0.4 is 0 Å². The van der Waals surface area contributed by atoms with Crippen molar-refractivity contribution in [3.05, 3.63) is 0 Å². The van der Waals surface area contributed by atoms with Gasteiger partial charge in [0.15, 0.2) is 0 Å². The number of rotatable bonds is 2. The van der Waals surface area contributed by atoms with E-state index in [1.54, 1.807) is 0 Å². The van der Waals surface area contributed by atoms with Crippen LogP contribution >= 0.6 is 0 Å². The van der Waals surface area contributed by atoms with Crippen LogP contribution in [0.15, 0.2) is 0 Å². The monoisotopic (exact) mass is 263 g/mol. The fraction of sp³-hybridized carbons (Fsp3) is 0.941. The smallest absolute Gasteiger partial charge is 0.137 e. The van der Waals surface area contributed by atoms with Gasteiger partial charge in [-0.3, -0.25) is 4.79 Å². The largest absolute Gasteiger partial charge is 0.302 e. The van der Waals surface area contributed by atoms with Crippen LogP contribution in [0.2, 0.25) is 0 Å². The van der Waals surface area contributed by atoms with Crippen molar-refractivity contribution in [3.63, 3.8) is 0 Å². The topological polar surface area (TPSA) is 20.3 Å². The highest BCUT2D eigenvalue weighted by Crippen LogP contribution is 2.39. The van der Waals surface area contributed by atoms with Crippen molar-refractivity contribution in [1.82, 2.24) is 4.90 Å². The molecule has 0 amide bonds. The van der Waals surface area contributed by atoms with E-state index in [0.29, 0.717) is 17.1 Å². The van der Waals surface area contributed by atoms with Crippen LogP contribution in [-0.4, -0.2) is 30.3 Å². The second-order valence-electron chi connectivity index (χ2n) is 8.15. The zero-order valence-electron chi connectivity index (χ0n) is 12.7. The number of fused-ring (bicyclic) bond motifs is 2. The quantitative estimate of drug-likeness (QED) is 0.760. The molecule has 2 saturated carbocycles. The first-order valence-electron chi connectivity index (χ1n) is 8.27. The van der Waals surface area contributed by atoms with Crippen molar-refractivity contribution >= 4 is 5.78 Å². The van der Waals surface area contributed by atoms with E-state index in [9.17, 15) is 4.79 Å². The van der Waals surface area contributed by atoms with Crippen LogP contribution in [0.3, 0.4) is 0 Å². The summed E-state index contributed by atoms with van der Waals surface area (Å²) in [6.07, 6.45) is 8.77. The molecule has 2 heteroatoms. The van der Waals surface area contributed by atoms with E-state index < -0.39 is 0 Å². The Morgan fingerprint density at radius 2 is 1.89 bits per heavy atom. The molecule has 3 aliphatic rings. The number of hydrogen-bond acceptors (Lipinski definition) is 2. The molecule has 0 radical (unpaired) electrons. The summed E-state index contributed by atoms with van der Waals surface area (Å²) in [5, 5.41) is 0. The van der Waals surface area contributed by atoms with Crippen LogP contribution in [0.4, 0.5) is 0 Å². The molecule has 1 aliphatic heterocycles. The van der Waals surface area contributed by atoms with Crippen LogP contribution in [0.25, 0.3) is 0 Å². The number of carbonyl (C=O) groups is 1. The van der Waals surface area contributed by atoms with E-state index in [4.69, 9.17) is 0 Å². The first-order chi connectivity index (χ1) is 9.02. The summed E-state index contributed by atoms with van der Waals surface area (Å²) >= 11 is 0. The predicted molar refractivity (Wildman–Crippen MR) is 78.0 cm³/mol. The number of hydrogen-bond donors (Lipinski definition) is 0. The molecule has 3 rings (SSSR count). The third-order valence-electron chi connectivity index (χ3n) is 5.71. The molecule has 0 N–H and O–H groups in total. The summed E-state index contributed by atoms with van der Waals surface area (Å²) in [7, 11) is 0. The lowest BCUT2D eigenvalue weighted by Gasteiger charge is -2.44. The SMILES string of the molecule is CC1(C)CCC(=O)C(CN2CC3CCCC(C3)C2)C1. The molecular formula is C17H29NO. The lowest BCUT2D eigenvalue weighted by atomic mass is 9.71. The third-order valence-corrected chi connectivity index (χ3v) is 5.71. The summed E-state index contributed by atoms with van der Waals surface area (Å²) in [4.78, 5) is 14.8. The lowest BCUT2D eigenvalue weighted by Crippen LogP contribution is -2.47. The van der Waals surface area contributed by atoms with Gasteiger partial charge >= 0.3 is 0 Å². The maximum Gasteiger partial charge on any atom is 0.137 e. The van der Waals surface area contributed by atoms with Gasteiger partial charge in [-0.2, -0.15) is 0 Å². The predicted octanol–water partition coefficient (Wildman–Crippen LogP) is 3.50. The Labute approximate surface area is 117 Å². The standard InChI is InChI=1S/C17H29NO/c1-17(2)7-6-16(19)15(9-17)12-18-10-13-4-3-5-14(8-13)11-18/h13-15H,3-12H2,1-2H3. The van der Waals surface area contributed by atoms with Gasteiger partial charge in [-0.15, -0.1) is 0 Å². The Hall–Kier alpha value is -0.370. The molecule has 2 nitrogen and oxygen atoms in total. The van der Waals surface area contributed by atoms with E-state index >= 15 is 0 Å². The summed E-state index contributed by atoms with van der Waals surface area (Å²) in [5.41, 5.74) is 0.379. The third kappa shape index (κ3) is 3.21. The van der Waals surface area contributed by atoms with Gasteiger partial charge in [0.25, 0.3) is 0 Å². The number of nitrogens with zero attached hydrogens (tertiary/aromatic N) is 1. The van der Waals surface area contributed by atoms with Gasteiger partial charge in [-0.25, -0.2) is 0 Å². The fourth-order valence-electron chi connectivity index (χ4n) is 4.71. The fourth-order valence-corrected chi connectivity index (χ4v) is 4.71. The minimum absolute atomic E-state index is 0.322. The van der Waals surface area contributed by atoms with Crippen molar-refractivity contribution < 1.29 is 4.79 Å². The molecule has 3 fully saturated rings. The average Bonchev–Trinajstić information content (AvgIpc) is 2.33. The van der Waals surface area contributed by atoms with Crippen LogP contribution in [0.1, 0.15) is 58.8 Å². The molecule has 0 aromatic rings. The summed E-state index contributed by atoms with van der Waals surface area (Å²) in [6, 6.07) is 0. The Balaban J connectivity index is 1.59. The Morgan fingerprint density at radius 1 is 1.21 bits per heavy atom. The molecule has 3 atom stereocenters. The number of ketones is 1. The molecule has 0 aromatic heterocycles. The highest BCUT2D eigenvalue weighted by Gasteiger charge is 2.37. The normalized spacial score (nSPS) is 39.3. The van der Waals surface area contributed by atoms with Crippen LogP contribution in [-0.2, 0) is 4.79 Å². The summed E-state index contributed by atoms with van der Waals surface area (Å²) in [5.74, 6) is 2.72. The molecule has 19 heavy (non-hydrogen) atoms. The van der Waals surface area contributed by atoms with E-state index in [-0.39, 0.29) is 0 Å². The molecule has 108 valence electrons. The minimum atomic E-state index is 0.322. The number of Topliss-reactive ketones (excluding diaryl/α,β-unsaturated/α-hetero) is 1. The number of likely N-dealkylation sites (tertiary alicyclic amines) is 1. The van der Waals surface area contributed by atoms with Gasteiger partial charge in [-0.1, -0.05) is 20.3 Å². The zero-order valence-corrected chi connectivity index (χ0v) is 12.7. The maximum atomic E-state index is 12.2. The second-order valence-corrected chi connectivity index (χ2v) is 8.15. The average molecular weight is 263 g/mol. The van der Waals surface area contributed by atoms with Gasteiger partial charge in [-0.05, 0) is 49.4 Å². The van der Waals surface area contributed by atoms with Crippen LogP contribution in [0, 0.1) is 23.2 Å². The molecule has 2 bridgehead atoms. The molecule has 0 aromatic carbocycles. The Morgan fingerprint density at radius 3 is 2.58 bits per heavy atom. The van der Waals surface area contributed by atoms with Crippen molar-refractivity contribution in [2.75, 3.05) is 19.6 Å². The molecule has 1 heterocycles. The van der Waals surface area contributed by atoms with Crippen molar-refractivity contribution in [1.29, 1.82) is 0 Å². The van der Waals surface area contributed by atoms with Crippen molar-refractivity contribution in [2.24, 2.45) is 23.2 Å². The molecule has 1 saturated heterocycles. The van der Waals surface area contributed by atoms with Crippen LogP contribution in [0.5, 0.6) is 0 Å². The zero-order chi connectivity index (χ0) is 13.5. The maximum absolute atomic E-state index is 12.2. The highest BCUT2D eigenvalue weighted by atomic mass is 16.1. The van der Waals surface area contributed by atoms with Gasteiger partial charge in [0.05, 0.1) is 0 Å². The Kier molecular flexibility index (Phi) is 3.72. The summed E-state index contributed by atoms with van der Waals surface area (Å²) < 4.78 is 0. The van der Waals surface area contributed by atoms with E-state index in [1.165, 1.54) is 38.8 Å². The molecule has 2 aliphatic carbocycles. The van der Waals surface area contributed by atoms with Gasteiger partial charge < -0.3 is 4.90 Å². The van der Waals surface area contributed by atoms with Gasteiger partial charge in [0, 0.05) is 32.0 Å². The first-order valence-corrected chi connectivity index (χ1v) is 8.27. The second kappa shape index (κ2) is 5.20. The molecular weight excluding hydrogens is 234 g/mol. The number of carbonyl (C=O) groups excluding carboxylic acids is 1. The molecule has 0 spiro atoms. The number of piperidine rings is 1. The highest BCUT2D eigenvalue weighted by molar-refractivity contribution is 5.82. The van der Waals surface area contributed by atoms with Gasteiger partial charge in [0.2, 0.25) is 0 Å². The first kappa shape index (κ1) is 13.6. The molecule has 3 unspecified atom stereocenters. The van der Waals surface area contributed by atoms with Crippen molar-refractivity contribution in [2.45, 2.75) is 58.8 Å². The van der Waals surface area contributed by atoms with E-state index in [2.05, 4.69) is 18.7 Å². The van der Waals surface area contributed by atoms with Gasteiger partial charge in [0.1, 0.15) is 5.78 Å². The minimum Gasteiger partial charge on any atom is -0.302 e. The van der Waals surface area contributed by atoms with E-state index in [0.717, 1.165) is 37.6 Å². The lowest BCUT2D eigenvalue weighted by molar-refractivity contribution is -0.128. The van der Waals surface area contributed by atoms with Crippen molar-refractivity contribution in [3.8, 4) is 0 Å². The van der Waals surface area contributed by atoms with E-state index in [1.807, 2.05) is 0 Å². The summed E-state index contributed by atoms with van der Waals surface area (Å²) in [6.45, 7) is 8.24. The Bertz CT molecular complexity index is 337.